The van der Waals surface area contributed by atoms with Gasteiger partial charge in [0, 0.05) is 5.92 Å². The van der Waals surface area contributed by atoms with Crippen molar-refractivity contribution in [3.63, 3.8) is 0 Å². The number of thioether (sulfide) groups is 1. The van der Waals surface area contributed by atoms with E-state index in [-0.39, 0.29) is 16.9 Å². The van der Waals surface area contributed by atoms with Gasteiger partial charge in [0.15, 0.2) is 0 Å². The van der Waals surface area contributed by atoms with E-state index in [4.69, 9.17) is 4.99 Å². The first-order valence-corrected chi connectivity index (χ1v) is 17.6. The molecule has 1 aromatic rings. The fourth-order valence-corrected chi connectivity index (χ4v) is 7.19. The third-order valence-electron chi connectivity index (χ3n) is 9.01. The van der Waals surface area contributed by atoms with E-state index in [2.05, 4.69) is 85.1 Å². The Bertz CT molecular complexity index is 852. The van der Waals surface area contributed by atoms with Gasteiger partial charge in [0.1, 0.15) is 0 Å². The molecule has 1 saturated carbocycles. The van der Waals surface area contributed by atoms with E-state index in [1.807, 2.05) is 11.8 Å². The summed E-state index contributed by atoms with van der Waals surface area (Å²) >= 11 is 1.85. The quantitative estimate of drug-likeness (QED) is 0.277. The van der Waals surface area contributed by atoms with E-state index in [0.717, 1.165) is 0 Å². The van der Waals surface area contributed by atoms with Crippen LogP contribution in [0.25, 0.3) is 0 Å². The second-order valence-corrected chi connectivity index (χ2v) is 14.5. The van der Waals surface area contributed by atoms with Crippen molar-refractivity contribution in [3.05, 3.63) is 46.4 Å². The molecule has 0 bridgehead atoms. The fourth-order valence-electron chi connectivity index (χ4n) is 6.22. The van der Waals surface area contributed by atoms with E-state index in [1.165, 1.54) is 119 Å². The van der Waals surface area contributed by atoms with Crippen molar-refractivity contribution in [1.29, 1.82) is 0 Å². The minimum Gasteiger partial charge on any atom is -0.270 e. The number of nitrogens with zero attached hydrogens (tertiary/aromatic N) is 1. The highest BCUT2D eigenvalue weighted by Crippen LogP contribution is 2.47. The molecule has 0 saturated heterocycles. The second kappa shape index (κ2) is 17.7. The van der Waals surface area contributed by atoms with Gasteiger partial charge in [-0.1, -0.05) is 162 Å². The molecule has 1 unspecified atom stereocenters. The van der Waals surface area contributed by atoms with E-state index < -0.39 is 0 Å². The molecule has 4 rings (SSSR count). The number of rotatable bonds is 9. The van der Waals surface area contributed by atoms with E-state index in [1.54, 1.807) is 5.56 Å². The van der Waals surface area contributed by atoms with Crippen molar-refractivity contribution >= 4 is 16.8 Å². The highest BCUT2D eigenvalue weighted by Gasteiger charge is 2.37. The van der Waals surface area contributed by atoms with Crippen molar-refractivity contribution < 1.29 is 0 Å². The third-order valence-corrected chi connectivity index (χ3v) is 9.99. The molecule has 3 aliphatic rings. The Balaban J connectivity index is 0.000000367. The molecule has 0 amide bonds. The molecule has 1 atom stereocenters. The molecule has 0 radical (unpaired) electrons. The van der Waals surface area contributed by atoms with Gasteiger partial charge in [0.05, 0.1) is 11.1 Å². The van der Waals surface area contributed by atoms with Crippen molar-refractivity contribution in [2.45, 2.75) is 175 Å². The number of unbranched alkanes of at least 4 members (excludes halogenated alkanes) is 3. The fraction of sp³-hybridized carbons (Fsp3) is 0.757. The van der Waals surface area contributed by atoms with Gasteiger partial charge in [-0.3, -0.25) is 4.99 Å². The largest absolute Gasteiger partial charge is 0.270 e. The van der Waals surface area contributed by atoms with E-state index >= 15 is 0 Å². The third kappa shape index (κ3) is 11.1. The van der Waals surface area contributed by atoms with Crippen LogP contribution in [0.5, 0.6) is 0 Å². The first-order chi connectivity index (χ1) is 18.7. The van der Waals surface area contributed by atoms with Crippen LogP contribution in [-0.4, -0.2) is 5.04 Å². The van der Waals surface area contributed by atoms with Gasteiger partial charge in [-0.25, -0.2) is 0 Å². The highest BCUT2D eigenvalue weighted by atomic mass is 32.2. The Morgan fingerprint density at radius 3 is 1.74 bits per heavy atom. The van der Waals surface area contributed by atoms with Gasteiger partial charge in [-0.15, -0.1) is 0 Å². The van der Waals surface area contributed by atoms with Gasteiger partial charge >= 0.3 is 0 Å². The van der Waals surface area contributed by atoms with Gasteiger partial charge < -0.3 is 0 Å². The Morgan fingerprint density at radius 2 is 1.26 bits per heavy atom. The summed E-state index contributed by atoms with van der Waals surface area (Å²) in [7, 11) is 0. The minimum absolute atomic E-state index is 0.184. The van der Waals surface area contributed by atoms with Crippen LogP contribution in [-0.2, 0) is 10.8 Å². The van der Waals surface area contributed by atoms with Gasteiger partial charge in [0.25, 0.3) is 0 Å². The number of benzene rings is 1. The molecule has 39 heavy (non-hydrogen) atoms. The van der Waals surface area contributed by atoms with Crippen LogP contribution < -0.4 is 0 Å². The van der Waals surface area contributed by atoms with Crippen molar-refractivity contribution in [3.8, 4) is 0 Å². The van der Waals surface area contributed by atoms with Gasteiger partial charge in [-0.05, 0) is 64.7 Å². The summed E-state index contributed by atoms with van der Waals surface area (Å²) in [5.41, 5.74) is 4.98. The van der Waals surface area contributed by atoms with E-state index in [9.17, 15) is 0 Å². The predicted octanol–water partition coefficient (Wildman–Crippen LogP) is 12.9. The monoisotopic (exact) mass is 553 g/mol. The Morgan fingerprint density at radius 1 is 0.744 bits per heavy atom. The summed E-state index contributed by atoms with van der Waals surface area (Å²) in [6.45, 7) is 18.7. The summed E-state index contributed by atoms with van der Waals surface area (Å²) in [4.78, 5) is 5.22. The number of hydrogen-bond donors (Lipinski definition) is 0. The summed E-state index contributed by atoms with van der Waals surface area (Å²) < 4.78 is 0. The molecular formula is C37H63NS. The van der Waals surface area contributed by atoms with Gasteiger partial charge in [0.2, 0.25) is 0 Å². The van der Waals surface area contributed by atoms with E-state index in [0.29, 0.717) is 5.92 Å². The average Bonchev–Trinajstić information content (AvgIpc) is 2.96. The molecule has 1 aliphatic heterocycles. The first kappa shape index (κ1) is 34.2. The number of hydrogen-bond acceptors (Lipinski definition) is 2. The molecule has 2 aliphatic carbocycles. The molecule has 1 heterocycles. The van der Waals surface area contributed by atoms with Crippen LogP contribution in [0.2, 0.25) is 0 Å². The second-order valence-electron chi connectivity index (χ2n) is 13.5. The average molecular weight is 554 g/mol. The molecule has 0 N–H and O–H groups in total. The summed E-state index contributed by atoms with van der Waals surface area (Å²) in [5.74, 6) is 0.630. The molecule has 222 valence electrons. The maximum atomic E-state index is 5.22. The summed E-state index contributed by atoms with van der Waals surface area (Å²) in [6, 6.07) is 7.38. The van der Waals surface area contributed by atoms with Crippen molar-refractivity contribution in [2.75, 3.05) is 0 Å². The summed E-state index contributed by atoms with van der Waals surface area (Å²) in [5, 5.41) is 3.63. The number of aliphatic imine (C=N–C) groups is 1. The lowest BCUT2D eigenvalue weighted by molar-refractivity contribution is 0.331. The molecular weight excluding hydrogens is 490 g/mol. The van der Waals surface area contributed by atoms with Gasteiger partial charge in [-0.2, -0.15) is 0 Å². The smallest absolute Gasteiger partial charge is 0.0948 e. The van der Waals surface area contributed by atoms with Crippen LogP contribution in [0.3, 0.4) is 0 Å². The van der Waals surface area contributed by atoms with Crippen LogP contribution >= 0.6 is 11.8 Å². The topological polar surface area (TPSA) is 12.4 Å². The van der Waals surface area contributed by atoms with Crippen LogP contribution in [0.15, 0.2) is 34.7 Å². The van der Waals surface area contributed by atoms with Crippen LogP contribution in [0.1, 0.15) is 181 Å². The van der Waals surface area contributed by atoms with Crippen molar-refractivity contribution in [1.82, 2.24) is 0 Å². The molecule has 2 heteroatoms. The molecule has 0 aromatic heterocycles. The normalized spacial score (nSPS) is 21.2. The zero-order valence-electron chi connectivity index (χ0n) is 27.2. The number of fused-ring (bicyclic) bond motifs is 1. The Kier molecular flexibility index (Phi) is 15.5. The Labute approximate surface area is 248 Å². The SMILES string of the molecule is C1CCCCC1.CCCC(CCC)C1=NC(c2ccc3c(c2)C(C)(C)CCC3(C)C)C=CS1.CCCCCC. The molecule has 1 aromatic carbocycles. The highest BCUT2D eigenvalue weighted by molar-refractivity contribution is 8.16. The van der Waals surface area contributed by atoms with Crippen LogP contribution in [0, 0.1) is 5.92 Å². The lowest BCUT2D eigenvalue weighted by Gasteiger charge is -2.42. The minimum atomic E-state index is 0.184. The molecule has 1 fully saturated rings. The maximum absolute atomic E-state index is 5.22. The standard InChI is InChI=1S/C25H37NS.C6H12.C6H14/c1-7-9-18(10-8-2)23-26-22(13-16-27-23)19-11-12-20-21(17-19)25(5,6)15-14-24(20,3)4;1-2-4-6-5-3-1;1-3-5-6-4-2/h11-13,16-18,22H,7-10,14-15H2,1-6H3;1-6H2;3-6H2,1-2H3. The Hall–Kier alpha value is -1.02. The maximum Gasteiger partial charge on any atom is 0.0948 e. The zero-order valence-corrected chi connectivity index (χ0v) is 28.0. The lowest BCUT2D eigenvalue weighted by Crippen LogP contribution is -2.34. The molecule has 1 nitrogen and oxygen atoms in total. The zero-order chi connectivity index (χ0) is 28.7. The molecule has 0 spiro atoms. The lowest BCUT2D eigenvalue weighted by atomic mass is 9.63. The predicted molar refractivity (Wildman–Crippen MR) is 179 cm³/mol. The first-order valence-electron chi connectivity index (χ1n) is 16.8. The van der Waals surface area contributed by atoms with Crippen LogP contribution in [0.4, 0.5) is 0 Å². The van der Waals surface area contributed by atoms with Crippen molar-refractivity contribution in [2.24, 2.45) is 10.9 Å². The summed E-state index contributed by atoms with van der Waals surface area (Å²) in [6.07, 6.45) is 24.3.